The minimum absolute atomic E-state index is 0.0675. The number of nitrogens with one attached hydrogen (secondary N) is 1. The van der Waals surface area contributed by atoms with Crippen molar-refractivity contribution in [2.24, 2.45) is 7.05 Å². The number of fused-ring (bicyclic) bond motifs is 1. The molecule has 1 aliphatic rings. The molecule has 1 amide bonds. The van der Waals surface area contributed by atoms with Crippen LogP contribution in [0.2, 0.25) is 0 Å². The summed E-state index contributed by atoms with van der Waals surface area (Å²) in [4.78, 5) is 15.3. The van der Waals surface area contributed by atoms with Gasteiger partial charge in [-0.1, -0.05) is 30.3 Å². The lowest BCUT2D eigenvalue weighted by molar-refractivity contribution is 0.0942. The van der Waals surface area contributed by atoms with Crippen LogP contribution in [0.25, 0.3) is 0 Å². The highest BCUT2D eigenvalue weighted by Gasteiger charge is 2.23. The van der Waals surface area contributed by atoms with Gasteiger partial charge in [0.05, 0.1) is 14.2 Å². The average molecular weight is 420 g/mol. The predicted molar refractivity (Wildman–Crippen MR) is 120 cm³/mol. The molecule has 0 saturated carbocycles. The van der Waals surface area contributed by atoms with Crippen LogP contribution in [-0.4, -0.2) is 36.1 Å². The van der Waals surface area contributed by atoms with Gasteiger partial charge in [0.1, 0.15) is 17.2 Å². The summed E-state index contributed by atoms with van der Waals surface area (Å²) in [6.45, 7) is 3.09. The first kappa shape index (κ1) is 21.0. The molecule has 2 heterocycles. The Morgan fingerprint density at radius 3 is 2.71 bits per heavy atom. The Hall–Kier alpha value is -3.25. The van der Waals surface area contributed by atoms with Crippen molar-refractivity contribution >= 4 is 5.91 Å². The van der Waals surface area contributed by atoms with Gasteiger partial charge in [0.15, 0.2) is 0 Å². The molecule has 162 valence electrons. The predicted octanol–water partition coefficient (Wildman–Crippen LogP) is 3.53. The van der Waals surface area contributed by atoms with Crippen molar-refractivity contribution in [3.8, 4) is 11.5 Å². The van der Waals surface area contributed by atoms with E-state index in [2.05, 4.69) is 22.3 Å². The summed E-state index contributed by atoms with van der Waals surface area (Å²) in [7, 11) is 5.31. The molecular formula is C25H29N3O3. The molecule has 6 heteroatoms. The van der Waals surface area contributed by atoms with Gasteiger partial charge in [0.2, 0.25) is 0 Å². The number of benzene rings is 2. The molecule has 0 saturated heterocycles. The standard InChI is InChI=1S/C25H29N3O3/c1-27-22-11-12-28(16-18-7-6-9-21(13-18)30-2)17-20(22)14-23(27)25(29)26-15-19-8-4-5-10-24(19)31-3/h4-10,13-14H,11-12,15-17H2,1-3H3,(H,26,29). The third-order valence-corrected chi connectivity index (χ3v) is 5.91. The van der Waals surface area contributed by atoms with E-state index in [0.29, 0.717) is 12.2 Å². The zero-order chi connectivity index (χ0) is 21.8. The second-order valence-corrected chi connectivity index (χ2v) is 7.87. The van der Waals surface area contributed by atoms with Gasteiger partial charge in [-0.2, -0.15) is 0 Å². The number of methoxy groups -OCH3 is 2. The van der Waals surface area contributed by atoms with E-state index in [1.807, 2.05) is 54.1 Å². The molecule has 31 heavy (non-hydrogen) atoms. The van der Waals surface area contributed by atoms with E-state index in [-0.39, 0.29) is 5.91 Å². The second kappa shape index (κ2) is 9.27. The second-order valence-electron chi connectivity index (χ2n) is 7.87. The van der Waals surface area contributed by atoms with Crippen LogP contribution >= 0.6 is 0 Å². The minimum Gasteiger partial charge on any atom is -0.497 e. The average Bonchev–Trinajstić information content (AvgIpc) is 3.13. The van der Waals surface area contributed by atoms with Crippen LogP contribution < -0.4 is 14.8 Å². The van der Waals surface area contributed by atoms with Crippen molar-refractivity contribution in [3.63, 3.8) is 0 Å². The fourth-order valence-corrected chi connectivity index (χ4v) is 4.25. The van der Waals surface area contributed by atoms with E-state index in [4.69, 9.17) is 9.47 Å². The first-order valence-corrected chi connectivity index (χ1v) is 10.5. The van der Waals surface area contributed by atoms with E-state index in [1.165, 1.54) is 16.8 Å². The molecule has 3 aromatic rings. The Morgan fingerprint density at radius 1 is 1.06 bits per heavy atom. The first-order valence-electron chi connectivity index (χ1n) is 10.5. The van der Waals surface area contributed by atoms with Crippen LogP contribution in [0.4, 0.5) is 0 Å². The van der Waals surface area contributed by atoms with E-state index >= 15 is 0 Å². The zero-order valence-electron chi connectivity index (χ0n) is 18.4. The molecule has 0 spiro atoms. The Morgan fingerprint density at radius 2 is 1.90 bits per heavy atom. The third-order valence-electron chi connectivity index (χ3n) is 5.91. The topological polar surface area (TPSA) is 55.7 Å². The molecule has 1 N–H and O–H groups in total. The molecule has 1 aromatic heterocycles. The van der Waals surface area contributed by atoms with Crippen molar-refractivity contribution < 1.29 is 14.3 Å². The summed E-state index contributed by atoms with van der Waals surface area (Å²) in [5.41, 5.74) is 5.35. The number of hydrogen-bond donors (Lipinski definition) is 1. The summed E-state index contributed by atoms with van der Waals surface area (Å²) in [5, 5.41) is 3.04. The molecular weight excluding hydrogens is 390 g/mol. The number of hydrogen-bond acceptors (Lipinski definition) is 4. The lowest BCUT2D eigenvalue weighted by Gasteiger charge is -2.27. The maximum absolute atomic E-state index is 12.9. The van der Waals surface area contributed by atoms with E-state index in [1.54, 1.807) is 14.2 Å². The van der Waals surface area contributed by atoms with Gasteiger partial charge >= 0.3 is 0 Å². The number of para-hydroxylation sites is 1. The van der Waals surface area contributed by atoms with Gasteiger partial charge in [-0.15, -0.1) is 0 Å². The van der Waals surface area contributed by atoms with E-state index < -0.39 is 0 Å². The quantitative estimate of drug-likeness (QED) is 0.637. The summed E-state index contributed by atoms with van der Waals surface area (Å²) in [6.07, 6.45) is 0.926. The molecule has 0 radical (unpaired) electrons. The monoisotopic (exact) mass is 419 g/mol. The molecule has 0 atom stereocenters. The molecule has 0 aliphatic carbocycles. The van der Waals surface area contributed by atoms with Gasteiger partial charge in [-0.05, 0) is 35.4 Å². The summed E-state index contributed by atoms with van der Waals surface area (Å²) in [5.74, 6) is 1.59. The largest absolute Gasteiger partial charge is 0.497 e. The zero-order valence-corrected chi connectivity index (χ0v) is 18.4. The number of carbonyl (C=O) groups is 1. The summed E-state index contributed by atoms with van der Waals surface area (Å²) in [6, 6.07) is 18.0. The van der Waals surface area contributed by atoms with Gasteiger partial charge in [-0.3, -0.25) is 9.69 Å². The molecule has 0 bridgehead atoms. The highest BCUT2D eigenvalue weighted by Crippen LogP contribution is 2.25. The summed E-state index contributed by atoms with van der Waals surface area (Å²) < 4.78 is 12.8. The Labute approximate surface area is 183 Å². The number of aromatic nitrogens is 1. The molecule has 1 aliphatic heterocycles. The van der Waals surface area contributed by atoms with Crippen LogP contribution in [0.5, 0.6) is 11.5 Å². The molecule has 0 unspecified atom stereocenters. The van der Waals surface area contributed by atoms with Crippen LogP contribution in [-0.2, 0) is 33.1 Å². The number of carbonyl (C=O) groups excluding carboxylic acids is 1. The maximum atomic E-state index is 12.9. The highest BCUT2D eigenvalue weighted by molar-refractivity contribution is 5.93. The van der Waals surface area contributed by atoms with Crippen molar-refractivity contribution in [3.05, 3.63) is 82.7 Å². The van der Waals surface area contributed by atoms with Crippen molar-refractivity contribution in [2.75, 3.05) is 20.8 Å². The molecule has 2 aromatic carbocycles. The third kappa shape index (κ3) is 4.59. The number of ether oxygens (including phenoxy) is 2. The van der Waals surface area contributed by atoms with Crippen molar-refractivity contribution in [2.45, 2.75) is 26.1 Å². The molecule has 6 nitrogen and oxygen atoms in total. The number of nitrogens with zero attached hydrogens (tertiary/aromatic N) is 2. The van der Waals surface area contributed by atoms with E-state index in [9.17, 15) is 4.79 Å². The molecule has 0 fully saturated rings. The van der Waals surface area contributed by atoms with Crippen molar-refractivity contribution in [1.29, 1.82) is 0 Å². The smallest absolute Gasteiger partial charge is 0.268 e. The van der Waals surface area contributed by atoms with Crippen LogP contribution in [0.15, 0.2) is 54.6 Å². The van der Waals surface area contributed by atoms with Gasteiger partial charge in [0, 0.05) is 50.9 Å². The minimum atomic E-state index is -0.0675. The fourth-order valence-electron chi connectivity index (χ4n) is 4.25. The Kier molecular flexibility index (Phi) is 6.28. The number of amides is 1. The molecule has 4 rings (SSSR count). The number of rotatable bonds is 7. The van der Waals surface area contributed by atoms with Gasteiger partial charge < -0.3 is 19.4 Å². The van der Waals surface area contributed by atoms with Crippen LogP contribution in [0, 0.1) is 0 Å². The maximum Gasteiger partial charge on any atom is 0.268 e. The van der Waals surface area contributed by atoms with Gasteiger partial charge in [0.25, 0.3) is 5.91 Å². The Bertz CT molecular complexity index is 1070. The lowest BCUT2D eigenvalue weighted by atomic mass is 10.1. The first-order chi connectivity index (χ1) is 15.1. The normalized spacial score (nSPS) is 13.5. The van der Waals surface area contributed by atoms with Crippen LogP contribution in [0.3, 0.4) is 0 Å². The summed E-state index contributed by atoms with van der Waals surface area (Å²) >= 11 is 0. The van der Waals surface area contributed by atoms with Crippen molar-refractivity contribution in [1.82, 2.24) is 14.8 Å². The van der Waals surface area contributed by atoms with E-state index in [0.717, 1.165) is 43.1 Å². The van der Waals surface area contributed by atoms with Gasteiger partial charge in [-0.25, -0.2) is 0 Å². The SMILES string of the molecule is COc1cccc(CN2CCc3c(cc(C(=O)NCc4ccccc4OC)n3C)C2)c1. The Balaban J connectivity index is 1.43. The van der Waals surface area contributed by atoms with Crippen LogP contribution in [0.1, 0.15) is 32.9 Å². The lowest BCUT2D eigenvalue weighted by Crippen LogP contribution is -2.30. The highest BCUT2D eigenvalue weighted by atomic mass is 16.5. The fraction of sp³-hybridized carbons (Fsp3) is 0.320.